The first-order valence-corrected chi connectivity index (χ1v) is 6.51. The second-order valence-corrected chi connectivity index (χ2v) is 4.73. The number of methoxy groups -OCH3 is 2. The molecular formula is C16H15ClO3. The van der Waals surface area contributed by atoms with Crippen LogP contribution in [0.5, 0.6) is 5.75 Å². The van der Waals surface area contributed by atoms with Crippen molar-refractivity contribution in [3.8, 4) is 16.9 Å². The maximum atomic E-state index is 11.2. The van der Waals surface area contributed by atoms with Crippen LogP contribution < -0.4 is 4.74 Å². The Hall–Kier alpha value is -2.00. The minimum absolute atomic E-state index is 0.248. The third-order valence-electron chi connectivity index (χ3n) is 3.00. The van der Waals surface area contributed by atoms with Gasteiger partial charge in [0.05, 0.1) is 20.6 Å². The lowest BCUT2D eigenvalue weighted by molar-refractivity contribution is -0.139. The molecule has 0 radical (unpaired) electrons. The molecule has 0 spiro atoms. The lowest BCUT2D eigenvalue weighted by Crippen LogP contribution is -2.04. The number of carbonyl (C=O) groups is 1. The van der Waals surface area contributed by atoms with Gasteiger partial charge in [0, 0.05) is 10.6 Å². The highest BCUT2D eigenvalue weighted by molar-refractivity contribution is 6.30. The fraction of sp³-hybridized carbons (Fsp3) is 0.188. The molecule has 2 rings (SSSR count). The summed E-state index contributed by atoms with van der Waals surface area (Å²) in [5, 5.41) is 0.632. The maximum Gasteiger partial charge on any atom is 0.309 e. The van der Waals surface area contributed by atoms with Crippen molar-refractivity contribution in [1.82, 2.24) is 0 Å². The van der Waals surface area contributed by atoms with Crippen LogP contribution in [0.15, 0.2) is 42.5 Å². The van der Waals surface area contributed by atoms with Crippen molar-refractivity contribution in [3.63, 3.8) is 0 Å². The van der Waals surface area contributed by atoms with Crippen LogP contribution in [0.2, 0.25) is 5.02 Å². The summed E-state index contributed by atoms with van der Waals surface area (Å²) >= 11 is 5.95. The van der Waals surface area contributed by atoms with Crippen molar-refractivity contribution < 1.29 is 14.3 Å². The van der Waals surface area contributed by atoms with Crippen molar-refractivity contribution in [2.45, 2.75) is 6.42 Å². The molecule has 0 aromatic heterocycles. The van der Waals surface area contributed by atoms with E-state index in [0.717, 1.165) is 22.4 Å². The van der Waals surface area contributed by atoms with Gasteiger partial charge in [-0.1, -0.05) is 35.9 Å². The average Bonchev–Trinajstić information content (AvgIpc) is 2.48. The molecule has 0 amide bonds. The molecule has 104 valence electrons. The molecule has 0 bridgehead atoms. The quantitative estimate of drug-likeness (QED) is 0.805. The molecule has 2 aromatic rings. The summed E-state index contributed by atoms with van der Waals surface area (Å²) in [5.41, 5.74) is 2.88. The van der Waals surface area contributed by atoms with Crippen molar-refractivity contribution in [1.29, 1.82) is 0 Å². The number of benzene rings is 2. The molecular weight excluding hydrogens is 276 g/mol. The molecule has 0 fully saturated rings. The summed E-state index contributed by atoms with van der Waals surface area (Å²) in [6.45, 7) is 0. The third-order valence-corrected chi connectivity index (χ3v) is 3.24. The predicted molar refractivity (Wildman–Crippen MR) is 79.2 cm³/mol. The minimum atomic E-state index is -0.248. The fourth-order valence-corrected chi connectivity index (χ4v) is 2.11. The first-order valence-electron chi connectivity index (χ1n) is 6.13. The molecule has 0 unspecified atom stereocenters. The standard InChI is InChI=1S/C16H15ClO3/c1-19-15-10-13(17)7-8-14(15)12-5-3-11(4-6-12)9-16(18)20-2/h3-8,10H,9H2,1-2H3. The molecule has 20 heavy (non-hydrogen) atoms. The van der Waals surface area contributed by atoms with Crippen molar-refractivity contribution in [2.24, 2.45) is 0 Å². The van der Waals surface area contributed by atoms with E-state index in [1.165, 1.54) is 7.11 Å². The second kappa shape index (κ2) is 6.44. The number of ether oxygens (including phenoxy) is 2. The molecule has 0 heterocycles. The Morgan fingerprint density at radius 2 is 1.80 bits per heavy atom. The summed E-state index contributed by atoms with van der Waals surface area (Å²) in [6.07, 6.45) is 0.272. The molecule has 0 saturated heterocycles. The van der Waals surface area contributed by atoms with Gasteiger partial charge in [-0.2, -0.15) is 0 Å². The van der Waals surface area contributed by atoms with Gasteiger partial charge in [-0.3, -0.25) is 4.79 Å². The van der Waals surface area contributed by atoms with E-state index in [9.17, 15) is 4.79 Å². The normalized spacial score (nSPS) is 10.2. The van der Waals surface area contributed by atoms with Gasteiger partial charge in [0.15, 0.2) is 0 Å². The second-order valence-electron chi connectivity index (χ2n) is 4.29. The molecule has 2 aromatic carbocycles. The van der Waals surface area contributed by atoms with Crippen molar-refractivity contribution >= 4 is 17.6 Å². The van der Waals surface area contributed by atoms with E-state index in [1.54, 1.807) is 13.2 Å². The van der Waals surface area contributed by atoms with Crippen LogP contribution in [0.4, 0.5) is 0 Å². The van der Waals surface area contributed by atoms with Crippen molar-refractivity contribution in [2.75, 3.05) is 14.2 Å². The highest BCUT2D eigenvalue weighted by Gasteiger charge is 2.08. The van der Waals surface area contributed by atoms with Crippen LogP contribution >= 0.6 is 11.6 Å². The highest BCUT2D eigenvalue weighted by atomic mass is 35.5. The van der Waals surface area contributed by atoms with E-state index in [-0.39, 0.29) is 12.4 Å². The first kappa shape index (κ1) is 14.4. The minimum Gasteiger partial charge on any atom is -0.496 e. The van der Waals surface area contributed by atoms with E-state index >= 15 is 0 Å². The largest absolute Gasteiger partial charge is 0.496 e. The van der Waals surface area contributed by atoms with Crippen LogP contribution in [0.3, 0.4) is 0 Å². The van der Waals surface area contributed by atoms with Gasteiger partial charge in [0.1, 0.15) is 5.75 Å². The number of esters is 1. The average molecular weight is 291 g/mol. The number of rotatable bonds is 4. The number of halogens is 1. The van der Waals surface area contributed by atoms with Crippen LogP contribution in [0.1, 0.15) is 5.56 Å². The summed E-state index contributed by atoms with van der Waals surface area (Å²) in [6, 6.07) is 13.2. The number of carbonyl (C=O) groups excluding carboxylic acids is 1. The topological polar surface area (TPSA) is 35.5 Å². The van der Waals surface area contributed by atoms with Crippen LogP contribution in [-0.2, 0) is 16.0 Å². The highest BCUT2D eigenvalue weighted by Crippen LogP contribution is 2.32. The maximum absolute atomic E-state index is 11.2. The Kier molecular flexibility index (Phi) is 4.64. The smallest absolute Gasteiger partial charge is 0.309 e. The zero-order valence-electron chi connectivity index (χ0n) is 11.4. The molecule has 0 aliphatic heterocycles. The van der Waals surface area contributed by atoms with Gasteiger partial charge in [0.2, 0.25) is 0 Å². The number of hydrogen-bond acceptors (Lipinski definition) is 3. The summed E-state index contributed by atoms with van der Waals surface area (Å²) in [7, 11) is 3.00. The Bertz CT molecular complexity index is 606. The van der Waals surface area contributed by atoms with E-state index in [0.29, 0.717) is 5.02 Å². The Morgan fingerprint density at radius 1 is 1.10 bits per heavy atom. The van der Waals surface area contributed by atoms with Crippen LogP contribution in [0, 0.1) is 0 Å². The van der Waals surface area contributed by atoms with Gasteiger partial charge < -0.3 is 9.47 Å². The van der Waals surface area contributed by atoms with Gasteiger partial charge >= 0.3 is 5.97 Å². The van der Waals surface area contributed by atoms with Gasteiger partial charge in [0.25, 0.3) is 0 Å². The Labute approximate surface area is 123 Å². The lowest BCUT2D eigenvalue weighted by atomic mass is 10.0. The van der Waals surface area contributed by atoms with Crippen LogP contribution in [-0.4, -0.2) is 20.2 Å². The monoisotopic (exact) mass is 290 g/mol. The van der Waals surface area contributed by atoms with Crippen LogP contribution in [0.25, 0.3) is 11.1 Å². The molecule has 0 saturated carbocycles. The molecule has 4 heteroatoms. The Balaban J connectivity index is 2.28. The molecule has 0 atom stereocenters. The molecule has 0 aliphatic rings. The first-order chi connectivity index (χ1) is 9.63. The van der Waals surface area contributed by atoms with E-state index in [2.05, 4.69) is 4.74 Å². The van der Waals surface area contributed by atoms with Gasteiger partial charge in [-0.15, -0.1) is 0 Å². The summed E-state index contributed by atoms with van der Waals surface area (Å²) < 4.78 is 9.98. The lowest BCUT2D eigenvalue weighted by Gasteiger charge is -2.09. The van der Waals surface area contributed by atoms with Gasteiger partial charge in [-0.05, 0) is 29.3 Å². The van der Waals surface area contributed by atoms with E-state index in [1.807, 2.05) is 36.4 Å². The predicted octanol–water partition coefficient (Wildman–Crippen LogP) is 3.73. The Morgan fingerprint density at radius 3 is 2.40 bits per heavy atom. The van der Waals surface area contributed by atoms with Gasteiger partial charge in [-0.25, -0.2) is 0 Å². The molecule has 0 N–H and O–H groups in total. The summed E-state index contributed by atoms with van der Waals surface area (Å²) in [4.78, 5) is 11.2. The number of hydrogen-bond donors (Lipinski definition) is 0. The molecule has 0 aliphatic carbocycles. The zero-order chi connectivity index (χ0) is 14.5. The zero-order valence-corrected chi connectivity index (χ0v) is 12.1. The van der Waals surface area contributed by atoms with E-state index in [4.69, 9.17) is 16.3 Å². The molecule has 3 nitrogen and oxygen atoms in total. The van der Waals surface area contributed by atoms with Crippen molar-refractivity contribution in [3.05, 3.63) is 53.1 Å². The fourth-order valence-electron chi connectivity index (χ4n) is 1.94. The SMILES string of the molecule is COC(=O)Cc1ccc(-c2ccc(Cl)cc2OC)cc1. The van der Waals surface area contributed by atoms with E-state index < -0.39 is 0 Å². The summed E-state index contributed by atoms with van der Waals surface area (Å²) in [5.74, 6) is 0.472. The third kappa shape index (κ3) is 3.31.